The van der Waals surface area contributed by atoms with Crippen LogP contribution in [0.25, 0.3) is 0 Å². The predicted octanol–water partition coefficient (Wildman–Crippen LogP) is 3.72. The molecule has 0 aliphatic carbocycles. The molecule has 0 bridgehead atoms. The summed E-state index contributed by atoms with van der Waals surface area (Å²) in [5, 5.41) is 2.89. The lowest BCUT2D eigenvalue weighted by molar-refractivity contribution is 0.0379. The summed E-state index contributed by atoms with van der Waals surface area (Å²) in [6.45, 7) is 3.52. The van der Waals surface area contributed by atoms with Gasteiger partial charge in [0, 0.05) is 5.69 Å². The molecule has 2 aromatic carbocycles. The van der Waals surface area contributed by atoms with Crippen LogP contribution in [0, 0.1) is 5.82 Å². The van der Waals surface area contributed by atoms with Gasteiger partial charge in [0.05, 0.1) is 23.0 Å². The third-order valence-corrected chi connectivity index (χ3v) is 2.75. The molecule has 3 N–H and O–H groups in total. The molecule has 21 heavy (non-hydrogen) atoms. The molecule has 0 atom stereocenters. The zero-order valence-electron chi connectivity index (χ0n) is 11.9. The molecule has 0 heterocycles. The molecule has 5 heteroatoms. The van der Waals surface area contributed by atoms with E-state index in [1.165, 1.54) is 12.1 Å². The number of nitrogens with one attached hydrogen (secondary N) is 1. The lowest BCUT2D eigenvalue weighted by atomic mass is 10.1. The molecule has 4 nitrogen and oxygen atoms in total. The van der Waals surface area contributed by atoms with Gasteiger partial charge >= 0.3 is 5.97 Å². The normalized spacial score (nSPS) is 10.5. The molecule has 110 valence electrons. The maximum absolute atomic E-state index is 13.7. The molecule has 0 radical (unpaired) electrons. The van der Waals surface area contributed by atoms with Gasteiger partial charge in [-0.1, -0.05) is 12.1 Å². The lowest BCUT2D eigenvalue weighted by Crippen LogP contribution is -2.13. The largest absolute Gasteiger partial charge is 0.459 e. The first-order chi connectivity index (χ1) is 9.97. The molecule has 0 spiro atoms. The molecule has 2 rings (SSSR count). The molecular formula is C16H17FN2O2. The molecule has 0 amide bonds. The molecule has 0 aliphatic heterocycles. The number of esters is 1. The highest BCUT2D eigenvalue weighted by atomic mass is 19.1. The number of rotatable bonds is 4. The summed E-state index contributed by atoms with van der Waals surface area (Å²) in [6, 6.07) is 11.0. The van der Waals surface area contributed by atoms with Gasteiger partial charge in [0.15, 0.2) is 0 Å². The maximum atomic E-state index is 13.7. The second kappa shape index (κ2) is 6.26. The van der Waals surface area contributed by atoms with Crippen LogP contribution >= 0.6 is 0 Å². The standard InChI is InChI=1S/C16H17FN2O2/c1-10(2)21-16(20)12-9-11(18)7-8-14(12)19-15-6-4-3-5-13(15)17/h3-10,19H,18H2,1-2H3. The lowest BCUT2D eigenvalue weighted by Gasteiger charge is -2.14. The number of hydrogen-bond acceptors (Lipinski definition) is 4. The van der Waals surface area contributed by atoms with Crippen molar-refractivity contribution < 1.29 is 13.9 Å². The second-order valence-corrected chi connectivity index (χ2v) is 4.86. The number of ether oxygens (including phenoxy) is 1. The highest BCUT2D eigenvalue weighted by molar-refractivity contribution is 5.97. The van der Waals surface area contributed by atoms with Gasteiger partial charge in [-0.25, -0.2) is 9.18 Å². The number of benzene rings is 2. The summed E-state index contributed by atoms with van der Waals surface area (Å²) >= 11 is 0. The fourth-order valence-corrected chi connectivity index (χ4v) is 1.82. The van der Waals surface area contributed by atoms with Gasteiger partial charge < -0.3 is 15.8 Å². The SMILES string of the molecule is CC(C)OC(=O)c1cc(N)ccc1Nc1ccccc1F. The Bertz CT molecular complexity index is 656. The summed E-state index contributed by atoms with van der Waals surface area (Å²) in [4.78, 5) is 12.1. The van der Waals surface area contributed by atoms with Crippen molar-refractivity contribution in [1.29, 1.82) is 0 Å². The molecule has 2 aromatic rings. The van der Waals surface area contributed by atoms with E-state index in [2.05, 4.69) is 5.32 Å². The van der Waals surface area contributed by atoms with Crippen LogP contribution in [0.2, 0.25) is 0 Å². The molecule has 0 unspecified atom stereocenters. The number of anilines is 3. The summed E-state index contributed by atoms with van der Waals surface area (Å²) < 4.78 is 18.9. The Labute approximate surface area is 122 Å². The van der Waals surface area contributed by atoms with Gasteiger partial charge in [0.25, 0.3) is 0 Å². The van der Waals surface area contributed by atoms with Crippen LogP contribution in [0.3, 0.4) is 0 Å². The van der Waals surface area contributed by atoms with Crippen molar-refractivity contribution in [3.05, 3.63) is 53.8 Å². The van der Waals surface area contributed by atoms with Crippen LogP contribution in [0.5, 0.6) is 0 Å². The minimum Gasteiger partial charge on any atom is -0.459 e. The molecule has 0 aliphatic rings. The summed E-state index contributed by atoms with van der Waals surface area (Å²) in [6.07, 6.45) is -0.250. The van der Waals surface area contributed by atoms with Crippen LogP contribution in [-0.2, 0) is 4.74 Å². The van der Waals surface area contributed by atoms with E-state index in [9.17, 15) is 9.18 Å². The second-order valence-electron chi connectivity index (χ2n) is 4.86. The van der Waals surface area contributed by atoms with Crippen LogP contribution in [-0.4, -0.2) is 12.1 Å². The van der Waals surface area contributed by atoms with E-state index in [-0.39, 0.29) is 17.4 Å². The quantitative estimate of drug-likeness (QED) is 0.665. The van der Waals surface area contributed by atoms with Crippen LogP contribution < -0.4 is 11.1 Å². The fraction of sp³-hybridized carbons (Fsp3) is 0.188. The van der Waals surface area contributed by atoms with E-state index in [4.69, 9.17) is 10.5 Å². The minimum absolute atomic E-state index is 0.250. The third-order valence-electron chi connectivity index (χ3n) is 2.75. The Hall–Kier alpha value is -2.56. The monoisotopic (exact) mass is 288 g/mol. The van der Waals surface area contributed by atoms with Gasteiger partial charge in [-0.15, -0.1) is 0 Å². The average molecular weight is 288 g/mol. The van der Waals surface area contributed by atoms with Crippen molar-refractivity contribution >= 4 is 23.0 Å². The highest BCUT2D eigenvalue weighted by Gasteiger charge is 2.15. The van der Waals surface area contributed by atoms with Crippen LogP contribution in [0.1, 0.15) is 24.2 Å². The molecule has 0 saturated carbocycles. The zero-order chi connectivity index (χ0) is 15.4. The number of hydrogen-bond donors (Lipinski definition) is 2. The van der Waals surface area contributed by atoms with Crippen molar-refractivity contribution in [2.24, 2.45) is 0 Å². The average Bonchev–Trinajstić information content (AvgIpc) is 2.42. The smallest absolute Gasteiger partial charge is 0.340 e. The third kappa shape index (κ3) is 3.72. The van der Waals surface area contributed by atoms with E-state index in [0.717, 1.165) is 0 Å². The van der Waals surface area contributed by atoms with Crippen molar-refractivity contribution in [2.45, 2.75) is 20.0 Å². The first-order valence-corrected chi connectivity index (χ1v) is 6.59. The van der Waals surface area contributed by atoms with Gasteiger partial charge in [0.2, 0.25) is 0 Å². The Balaban J connectivity index is 2.35. The van der Waals surface area contributed by atoms with E-state index >= 15 is 0 Å². The van der Waals surface area contributed by atoms with E-state index in [1.54, 1.807) is 44.2 Å². The maximum Gasteiger partial charge on any atom is 0.340 e. The minimum atomic E-state index is -0.504. The van der Waals surface area contributed by atoms with Gasteiger partial charge in [-0.3, -0.25) is 0 Å². The Kier molecular flexibility index (Phi) is 4.42. The molecule has 0 saturated heterocycles. The number of nitrogens with two attached hydrogens (primary N) is 1. The van der Waals surface area contributed by atoms with Gasteiger partial charge in [-0.2, -0.15) is 0 Å². The topological polar surface area (TPSA) is 64.3 Å². The van der Waals surface area contributed by atoms with E-state index in [0.29, 0.717) is 11.4 Å². The summed E-state index contributed by atoms with van der Waals surface area (Å²) in [5.41, 5.74) is 7.14. The van der Waals surface area contributed by atoms with Crippen molar-refractivity contribution in [2.75, 3.05) is 11.1 Å². The summed E-state index contributed by atoms with van der Waals surface area (Å²) in [7, 11) is 0. The number of nitrogen functional groups attached to an aromatic ring is 1. The molecule has 0 fully saturated rings. The Morgan fingerprint density at radius 3 is 2.57 bits per heavy atom. The Morgan fingerprint density at radius 1 is 1.19 bits per heavy atom. The van der Waals surface area contributed by atoms with Crippen molar-refractivity contribution in [1.82, 2.24) is 0 Å². The van der Waals surface area contributed by atoms with Crippen LogP contribution in [0.4, 0.5) is 21.5 Å². The first-order valence-electron chi connectivity index (χ1n) is 6.59. The first kappa shape index (κ1) is 14.8. The van der Waals surface area contributed by atoms with Gasteiger partial charge in [0.1, 0.15) is 5.82 Å². The summed E-state index contributed by atoms with van der Waals surface area (Å²) in [5.74, 6) is -0.909. The molecule has 0 aromatic heterocycles. The van der Waals surface area contributed by atoms with Crippen molar-refractivity contribution in [3.63, 3.8) is 0 Å². The van der Waals surface area contributed by atoms with E-state index in [1.807, 2.05) is 0 Å². The number of carbonyl (C=O) groups excluding carboxylic acids is 1. The number of para-hydroxylation sites is 1. The predicted molar refractivity (Wildman–Crippen MR) is 81.1 cm³/mol. The van der Waals surface area contributed by atoms with Crippen molar-refractivity contribution in [3.8, 4) is 0 Å². The number of carbonyl (C=O) groups is 1. The zero-order valence-corrected chi connectivity index (χ0v) is 11.9. The van der Waals surface area contributed by atoms with Gasteiger partial charge in [-0.05, 0) is 44.2 Å². The van der Waals surface area contributed by atoms with Crippen LogP contribution in [0.15, 0.2) is 42.5 Å². The fourth-order valence-electron chi connectivity index (χ4n) is 1.82. The van der Waals surface area contributed by atoms with E-state index < -0.39 is 11.8 Å². The highest BCUT2D eigenvalue weighted by Crippen LogP contribution is 2.25. The molecular weight excluding hydrogens is 271 g/mol. The number of halogens is 1. The Morgan fingerprint density at radius 2 is 1.90 bits per heavy atom.